The molecule has 2 saturated heterocycles. The first-order valence-corrected chi connectivity index (χ1v) is 8.08. The Labute approximate surface area is 139 Å². The zero-order valence-electron chi connectivity index (χ0n) is 12.1. The van der Waals surface area contributed by atoms with E-state index < -0.39 is 0 Å². The van der Waals surface area contributed by atoms with Gasteiger partial charge in [0.25, 0.3) is 5.91 Å². The monoisotopic (exact) mass is 344 g/mol. The lowest BCUT2D eigenvalue weighted by Gasteiger charge is -2.37. The molecule has 2 aliphatic heterocycles. The van der Waals surface area contributed by atoms with Crippen molar-refractivity contribution in [1.29, 1.82) is 0 Å². The first kappa shape index (κ1) is 15.8. The molecule has 2 aliphatic rings. The van der Waals surface area contributed by atoms with Crippen LogP contribution in [0.4, 0.5) is 5.82 Å². The van der Waals surface area contributed by atoms with E-state index in [-0.39, 0.29) is 12.0 Å². The van der Waals surface area contributed by atoms with Crippen molar-refractivity contribution in [1.82, 2.24) is 15.2 Å². The molecule has 2 fully saturated rings. The fraction of sp³-hybridized carbons (Fsp3) is 0.571. The number of hydrogen-bond acceptors (Lipinski definition) is 5. The molecule has 1 aromatic rings. The molecule has 1 atom stereocenters. The van der Waals surface area contributed by atoms with Crippen molar-refractivity contribution in [2.75, 3.05) is 50.8 Å². The number of amides is 1. The van der Waals surface area contributed by atoms with Gasteiger partial charge in [-0.15, -0.1) is 0 Å². The summed E-state index contributed by atoms with van der Waals surface area (Å²) < 4.78 is 5.52. The molecule has 120 valence electrons. The smallest absolute Gasteiger partial charge is 0.253 e. The van der Waals surface area contributed by atoms with E-state index in [4.69, 9.17) is 27.9 Å². The Morgan fingerprint density at radius 1 is 1.32 bits per heavy atom. The molecule has 1 N–H and O–H groups in total. The van der Waals surface area contributed by atoms with Crippen LogP contribution in [0.1, 0.15) is 0 Å². The van der Waals surface area contributed by atoms with Crippen LogP contribution in [0, 0.1) is 0 Å². The van der Waals surface area contributed by atoms with E-state index in [1.165, 1.54) is 0 Å². The van der Waals surface area contributed by atoms with E-state index >= 15 is 0 Å². The van der Waals surface area contributed by atoms with Crippen LogP contribution < -0.4 is 10.2 Å². The van der Waals surface area contributed by atoms with Crippen molar-refractivity contribution < 1.29 is 9.53 Å². The number of carbonyl (C=O) groups is 1. The second kappa shape index (κ2) is 7.00. The Balaban J connectivity index is 1.59. The average molecular weight is 345 g/mol. The van der Waals surface area contributed by atoms with Gasteiger partial charge in [0, 0.05) is 45.5 Å². The van der Waals surface area contributed by atoms with Gasteiger partial charge in [0.2, 0.25) is 0 Å². The fourth-order valence-electron chi connectivity index (χ4n) is 2.71. The van der Waals surface area contributed by atoms with Crippen molar-refractivity contribution in [3.05, 3.63) is 22.3 Å². The summed E-state index contributed by atoms with van der Waals surface area (Å²) in [6.45, 7) is 4.64. The number of ether oxygens (including phenoxy) is 1. The lowest BCUT2D eigenvalue weighted by molar-refractivity contribution is -0.145. The van der Waals surface area contributed by atoms with Crippen molar-refractivity contribution in [3.8, 4) is 0 Å². The molecule has 0 aliphatic carbocycles. The Morgan fingerprint density at radius 3 is 2.73 bits per heavy atom. The maximum Gasteiger partial charge on any atom is 0.253 e. The topological polar surface area (TPSA) is 57.7 Å². The summed E-state index contributed by atoms with van der Waals surface area (Å²) in [7, 11) is 0. The summed E-state index contributed by atoms with van der Waals surface area (Å²) in [6, 6.07) is 1.69. The minimum absolute atomic E-state index is 0.0574. The molecule has 0 radical (unpaired) electrons. The quantitative estimate of drug-likeness (QED) is 0.868. The van der Waals surface area contributed by atoms with Gasteiger partial charge in [-0.3, -0.25) is 4.79 Å². The molecule has 0 spiro atoms. The van der Waals surface area contributed by atoms with E-state index in [2.05, 4.69) is 15.2 Å². The first-order chi connectivity index (χ1) is 10.6. The van der Waals surface area contributed by atoms with Crippen LogP contribution in [0.2, 0.25) is 10.0 Å². The van der Waals surface area contributed by atoms with Gasteiger partial charge in [0.1, 0.15) is 11.9 Å². The third-order valence-corrected chi connectivity index (χ3v) is 4.37. The molecule has 0 unspecified atom stereocenters. The summed E-state index contributed by atoms with van der Waals surface area (Å²) in [5.74, 6) is 0.774. The highest BCUT2D eigenvalue weighted by Crippen LogP contribution is 2.26. The molecule has 1 aromatic heterocycles. The number of aromatic nitrogens is 1. The molecule has 3 rings (SSSR count). The number of morpholine rings is 1. The predicted octanol–water partition coefficient (Wildman–Crippen LogP) is 1.03. The van der Waals surface area contributed by atoms with Crippen molar-refractivity contribution in [2.45, 2.75) is 6.10 Å². The van der Waals surface area contributed by atoms with Gasteiger partial charge in [-0.25, -0.2) is 4.98 Å². The Kier molecular flexibility index (Phi) is 5.03. The third kappa shape index (κ3) is 3.46. The lowest BCUT2D eigenvalue weighted by Crippen LogP contribution is -2.55. The third-order valence-electron chi connectivity index (χ3n) is 3.88. The zero-order chi connectivity index (χ0) is 15.5. The number of halogens is 2. The van der Waals surface area contributed by atoms with E-state index in [1.807, 2.05) is 4.90 Å². The highest BCUT2D eigenvalue weighted by Gasteiger charge is 2.29. The molecule has 22 heavy (non-hydrogen) atoms. The highest BCUT2D eigenvalue weighted by molar-refractivity contribution is 6.36. The van der Waals surface area contributed by atoms with Crippen LogP contribution in [-0.2, 0) is 9.53 Å². The van der Waals surface area contributed by atoms with Crippen LogP contribution in [0.15, 0.2) is 12.3 Å². The standard InChI is InChI=1S/C14H18Cl2N4O2/c15-10-7-11(16)13(18-8-10)19-2-4-20(5-3-19)14(21)12-9-17-1-6-22-12/h7-8,12,17H,1-6,9H2/t12-/m0/s1. The molecule has 0 saturated carbocycles. The number of carbonyl (C=O) groups excluding carboxylic acids is 1. The lowest BCUT2D eigenvalue weighted by atomic mass is 10.2. The van der Waals surface area contributed by atoms with Crippen molar-refractivity contribution in [2.24, 2.45) is 0 Å². The van der Waals surface area contributed by atoms with Gasteiger partial charge in [-0.2, -0.15) is 0 Å². The Bertz CT molecular complexity index is 544. The summed E-state index contributed by atoms with van der Waals surface area (Å²) in [4.78, 5) is 20.6. The molecule has 1 amide bonds. The molecular weight excluding hydrogens is 327 g/mol. The van der Waals surface area contributed by atoms with Gasteiger partial charge in [0.05, 0.1) is 16.7 Å². The molecular formula is C14H18Cl2N4O2. The minimum Gasteiger partial charge on any atom is -0.366 e. The van der Waals surface area contributed by atoms with E-state index in [0.29, 0.717) is 55.2 Å². The largest absolute Gasteiger partial charge is 0.366 e. The van der Waals surface area contributed by atoms with Gasteiger partial charge in [0.15, 0.2) is 0 Å². The number of pyridine rings is 1. The highest BCUT2D eigenvalue weighted by atomic mass is 35.5. The Morgan fingerprint density at radius 2 is 2.09 bits per heavy atom. The number of nitrogens with one attached hydrogen (secondary N) is 1. The van der Waals surface area contributed by atoms with Gasteiger partial charge in [-0.1, -0.05) is 23.2 Å². The van der Waals surface area contributed by atoms with Gasteiger partial charge in [-0.05, 0) is 6.07 Å². The zero-order valence-corrected chi connectivity index (χ0v) is 13.6. The SMILES string of the molecule is O=C([C@@H]1CNCCO1)N1CCN(c2ncc(Cl)cc2Cl)CC1. The Hall–Kier alpha value is -1.08. The van der Waals surface area contributed by atoms with Crippen LogP contribution in [0.3, 0.4) is 0 Å². The number of nitrogens with zero attached hydrogens (tertiary/aromatic N) is 3. The predicted molar refractivity (Wildman–Crippen MR) is 85.7 cm³/mol. The molecule has 0 bridgehead atoms. The maximum absolute atomic E-state index is 12.4. The molecule has 8 heteroatoms. The normalized spacial score (nSPS) is 22.7. The van der Waals surface area contributed by atoms with E-state index in [0.717, 1.165) is 6.54 Å². The summed E-state index contributed by atoms with van der Waals surface area (Å²) >= 11 is 12.1. The van der Waals surface area contributed by atoms with Gasteiger partial charge >= 0.3 is 0 Å². The minimum atomic E-state index is -0.363. The molecule has 0 aromatic carbocycles. The summed E-state index contributed by atoms with van der Waals surface area (Å²) in [6.07, 6.45) is 1.22. The number of hydrogen-bond donors (Lipinski definition) is 1. The number of rotatable bonds is 2. The van der Waals surface area contributed by atoms with Crippen LogP contribution in [0.25, 0.3) is 0 Å². The molecule has 6 nitrogen and oxygen atoms in total. The van der Waals surface area contributed by atoms with Crippen molar-refractivity contribution in [3.63, 3.8) is 0 Å². The van der Waals surface area contributed by atoms with Gasteiger partial charge < -0.3 is 19.9 Å². The summed E-state index contributed by atoms with van der Waals surface area (Å²) in [5, 5.41) is 4.23. The molecule has 3 heterocycles. The van der Waals surface area contributed by atoms with Crippen LogP contribution in [-0.4, -0.2) is 67.8 Å². The first-order valence-electron chi connectivity index (χ1n) is 7.32. The second-order valence-electron chi connectivity index (χ2n) is 5.33. The maximum atomic E-state index is 12.4. The van der Waals surface area contributed by atoms with Crippen LogP contribution in [0.5, 0.6) is 0 Å². The number of anilines is 1. The van der Waals surface area contributed by atoms with E-state index in [1.54, 1.807) is 12.3 Å². The summed E-state index contributed by atoms with van der Waals surface area (Å²) in [5.41, 5.74) is 0. The van der Waals surface area contributed by atoms with Crippen molar-refractivity contribution >= 4 is 34.9 Å². The average Bonchev–Trinajstić information content (AvgIpc) is 2.55. The van der Waals surface area contributed by atoms with E-state index in [9.17, 15) is 4.79 Å². The second-order valence-corrected chi connectivity index (χ2v) is 6.18. The van der Waals surface area contributed by atoms with Crippen LogP contribution >= 0.6 is 23.2 Å². The number of piperazine rings is 1. The fourth-order valence-corrected chi connectivity index (χ4v) is 3.21.